The summed E-state index contributed by atoms with van der Waals surface area (Å²) in [5.41, 5.74) is 1.73. The van der Waals surface area contributed by atoms with E-state index in [1.807, 2.05) is 48.5 Å². The maximum absolute atomic E-state index is 12.8. The Labute approximate surface area is 163 Å². The number of aryl methyl sites for hydroxylation is 1. The molecule has 0 fully saturated rings. The first-order chi connectivity index (χ1) is 12.7. The summed E-state index contributed by atoms with van der Waals surface area (Å²) in [6, 6.07) is 19.9. The van der Waals surface area contributed by atoms with Crippen molar-refractivity contribution in [2.45, 2.75) is 19.9 Å². The lowest BCUT2D eigenvalue weighted by Gasteiger charge is -2.03. The number of fused-ring (bicyclic) bond motifs is 2. The monoisotopic (exact) mass is 424 g/mol. The summed E-state index contributed by atoms with van der Waals surface area (Å²) < 4.78 is 4.28. The molecule has 3 aromatic carbocycles. The van der Waals surface area contributed by atoms with Crippen LogP contribution in [0.1, 0.15) is 23.7 Å². The summed E-state index contributed by atoms with van der Waals surface area (Å²) in [6.07, 6.45) is 0.985. The molecule has 0 saturated carbocycles. The van der Waals surface area contributed by atoms with Gasteiger partial charge in [-0.05, 0) is 47.5 Å². The average Bonchev–Trinajstić information content (AvgIpc) is 2.98. The standard InChI is InChI=1S/C21H17BrN2OS/c1-2-11-24-18-10-9-17(22)13-19(18)26-21(24)23-20(25)16-8-7-14-5-3-4-6-15(14)12-16/h3-10,12-13H,2,11H2,1H3. The first-order valence-electron chi connectivity index (χ1n) is 8.52. The smallest absolute Gasteiger partial charge is 0.279 e. The lowest BCUT2D eigenvalue weighted by molar-refractivity contribution is 0.0998. The maximum Gasteiger partial charge on any atom is 0.279 e. The number of nitrogens with zero attached hydrogens (tertiary/aromatic N) is 2. The summed E-state index contributed by atoms with van der Waals surface area (Å²) in [4.78, 5) is 18.0. The molecule has 0 aliphatic heterocycles. The van der Waals surface area contributed by atoms with E-state index in [1.54, 1.807) is 11.3 Å². The van der Waals surface area contributed by atoms with Gasteiger partial charge in [0.15, 0.2) is 4.80 Å². The van der Waals surface area contributed by atoms with Crippen molar-refractivity contribution in [3.05, 3.63) is 75.5 Å². The molecule has 0 unspecified atom stereocenters. The Kier molecular flexibility index (Phi) is 4.74. The molecule has 0 saturated heterocycles. The van der Waals surface area contributed by atoms with Gasteiger partial charge in [-0.15, -0.1) is 0 Å². The highest BCUT2D eigenvalue weighted by atomic mass is 79.9. The zero-order chi connectivity index (χ0) is 18.1. The molecule has 0 atom stereocenters. The summed E-state index contributed by atoms with van der Waals surface area (Å²) in [7, 11) is 0. The van der Waals surface area contributed by atoms with Gasteiger partial charge in [0.1, 0.15) is 0 Å². The van der Waals surface area contributed by atoms with Crippen LogP contribution < -0.4 is 4.80 Å². The quantitative estimate of drug-likeness (QED) is 0.410. The van der Waals surface area contributed by atoms with Crippen LogP contribution in [-0.4, -0.2) is 10.5 Å². The number of halogens is 1. The highest BCUT2D eigenvalue weighted by molar-refractivity contribution is 9.10. The third kappa shape index (κ3) is 3.24. The van der Waals surface area contributed by atoms with Gasteiger partial charge < -0.3 is 4.57 Å². The van der Waals surface area contributed by atoms with E-state index in [0.717, 1.165) is 43.2 Å². The van der Waals surface area contributed by atoms with Gasteiger partial charge in [0, 0.05) is 16.6 Å². The van der Waals surface area contributed by atoms with Crippen LogP contribution in [0.15, 0.2) is 70.1 Å². The summed E-state index contributed by atoms with van der Waals surface area (Å²) in [5, 5.41) is 2.17. The molecule has 4 rings (SSSR count). The van der Waals surface area contributed by atoms with Crippen LogP contribution >= 0.6 is 27.3 Å². The molecule has 4 aromatic rings. The van der Waals surface area contributed by atoms with Crippen LogP contribution in [0.3, 0.4) is 0 Å². The lowest BCUT2D eigenvalue weighted by Crippen LogP contribution is -2.16. The predicted octanol–water partition coefficient (Wildman–Crippen LogP) is 5.77. The molecule has 1 amide bonds. The highest BCUT2D eigenvalue weighted by Crippen LogP contribution is 2.23. The molecular formula is C21H17BrN2OS. The Bertz CT molecular complexity index is 1190. The van der Waals surface area contributed by atoms with Crippen molar-refractivity contribution in [1.82, 2.24) is 4.57 Å². The number of benzene rings is 3. The van der Waals surface area contributed by atoms with E-state index in [9.17, 15) is 4.79 Å². The number of hydrogen-bond acceptors (Lipinski definition) is 2. The van der Waals surface area contributed by atoms with Gasteiger partial charge in [0.2, 0.25) is 0 Å². The van der Waals surface area contributed by atoms with Crippen molar-refractivity contribution in [2.75, 3.05) is 0 Å². The number of rotatable bonds is 3. The van der Waals surface area contributed by atoms with Gasteiger partial charge in [-0.25, -0.2) is 0 Å². The van der Waals surface area contributed by atoms with Gasteiger partial charge >= 0.3 is 0 Å². The molecular weight excluding hydrogens is 408 g/mol. The number of hydrogen-bond donors (Lipinski definition) is 0. The minimum absolute atomic E-state index is 0.203. The second-order valence-electron chi connectivity index (χ2n) is 6.13. The van der Waals surface area contributed by atoms with Crippen LogP contribution in [0.2, 0.25) is 0 Å². The first kappa shape index (κ1) is 17.2. The molecule has 5 heteroatoms. The van der Waals surface area contributed by atoms with Crippen molar-refractivity contribution < 1.29 is 4.79 Å². The molecule has 0 bridgehead atoms. The van der Waals surface area contributed by atoms with Gasteiger partial charge in [-0.2, -0.15) is 4.99 Å². The Morgan fingerprint density at radius 3 is 2.69 bits per heavy atom. The van der Waals surface area contributed by atoms with Crippen LogP contribution in [0.5, 0.6) is 0 Å². The summed E-state index contributed by atoms with van der Waals surface area (Å²) >= 11 is 5.07. The molecule has 1 aromatic heterocycles. The van der Waals surface area contributed by atoms with E-state index >= 15 is 0 Å². The fraction of sp³-hybridized carbons (Fsp3) is 0.143. The molecule has 130 valence electrons. The topological polar surface area (TPSA) is 34.4 Å². The molecule has 0 radical (unpaired) electrons. The van der Waals surface area contributed by atoms with Crippen molar-refractivity contribution in [1.29, 1.82) is 0 Å². The fourth-order valence-corrected chi connectivity index (χ4v) is 4.65. The fourth-order valence-electron chi connectivity index (χ4n) is 3.05. The number of aromatic nitrogens is 1. The lowest BCUT2D eigenvalue weighted by atomic mass is 10.1. The largest absolute Gasteiger partial charge is 0.316 e. The molecule has 0 spiro atoms. The molecule has 0 aliphatic rings. The highest BCUT2D eigenvalue weighted by Gasteiger charge is 2.10. The van der Waals surface area contributed by atoms with Crippen LogP contribution in [0.25, 0.3) is 21.0 Å². The van der Waals surface area contributed by atoms with Gasteiger partial charge in [-0.1, -0.05) is 64.5 Å². The number of carbonyl (C=O) groups excluding carboxylic acids is 1. The van der Waals surface area contributed by atoms with Crippen LogP contribution in [-0.2, 0) is 6.54 Å². The number of carbonyl (C=O) groups is 1. The molecule has 3 nitrogen and oxygen atoms in total. The molecule has 0 aliphatic carbocycles. The van der Waals surface area contributed by atoms with E-state index in [1.165, 1.54) is 0 Å². The number of thiazole rings is 1. The Morgan fingerprint density at radius 1 is 1.08 bits per heavy atom. The van der Waals surface area contributed by atoms with Crippen molar-refractivity contribution in [2.24, 2.45) is 4.99 Å². The summed E-state index contributed by atoms with van der Waals surface area (Å²) in [5.74, 6) is -0.203. The van der Waals surface area contributed by atoms with E-state index in [0.29, 0.717) is 5.56 Å². The Morgan fingerprint density at radius 2 is 1.88 bits per heavy atom. The van der Waals surface area contributed by atoms with Crippen LogP contribution in [0.4, 0.5) is 0 Å². The summed E-state index contributed by atoms with van der Waals surface area (Å²) in [6.45, 7) is 2.97. The van der Waals surface area contributed by atoms with Gasteiger partial charge in [-0.3, -0.25) is 4.79 Å². The molecule has 0 N–H and O–H groups in total. The van der Waals surface area contributed by atoms with E-state index in [4.69, 9.17) is 0 Å². The second kappa shape index (κ2) is 7.17. The third-order valence-corrected chi connectivity index (χ3v) is 5.82. The Hall–Kier alpha value is -2.24. The second-order valence-corrected chi connectivity index (χ2v) is 8.05. The van der Waals surface area contributed by atoms with E-state index in [-0.39, 0.29) is 5.91 Å². The van der Waals surface area contributed by atoms with Crippen molar-refractivity contribution in [3.8, 4) is 0 Å². The first-order valence-corrected chi connectivity index (χ1v) is 10.1. The van der Waals surface area contributed by atoms with E-state index < -0.39 is 0 Å². The van der Waals surface area contributed by atoms with Gasteiger partial charge in [0.25, 0.3) is 5.91 Å². The predicted molar refractivity (Wildman–Crippen MR) is 112 cm³/mol. The average molecular weight is 425 g/mol. The minimum atomic E-state index is -0.203. The van der Waals surface area contributed by atoms with Gasteiger partial charge in [0.05, 0.1) is 10.2 Å². The van der Waals surface area contributed by atoms with Crippen molar-refractivity contribution in [3.63, 3.8) is 0 Å². The van der Waals surface area contributed by atoms with Crippen LogP contribution in [0, 0.1) is 0 Å². The number of amides is 1. The zero-order valence-electron chi connectivity index (χ0n) is 14.3. The zero-order valence-corrected chi connectivity index (χ0v) is 16.7. The molecule has 26 heavy (non-hydrogen) atoms. The SMILES string of the molecule is CCCn1c(=NC(=O)c2ccc3ccccc3c2)sc2cc(Br)ccc21. The normalized spacial score (nSPS) is 12.2. The molecule has 1 heterocycles. The minimum Gasteiger partial charge on any atom is -0.316 e. The van der Waals surface area contributed by atoms with Crippen molar-refractivity contribution >= 4 is 54.2 Å². The third-order valence-electron chi connectivity index (χ3n) is 4.29. The Balaban J connectivity index is 1.83. The van der Waals surface area contributed by atoms with E-state index in [2.05, 4.69) is 44.5 Å². The maximum atomic E-state index is 12.8.